The fraction of sp³-hybridized carbons (Fsp3) is 0.472. The zero-order valence-corrected chi connectivity index (χ0v) is 27.7. The van der Waals surface area contributed by atoms with Crippen molar-refractivity contribution in [1.82, 2.24) is 10.3 Å². The summed E-state index contributed by atoms with van der Waals surface area (Å²) in [5.74, 6) is -0.635. The first-order valence-electron chi connectivity index (χ1n) is 15.5. The molecule has 1 aliphatic heterocycles. The average molecular weight is 622 g/mol. The van der Waals surface area contributed by atoms with Crippen molar-refractivity contribution < 1.29 is 28.9 Å². The van der Waals surface area contributed by atoms with Gasteiger partial charge >= 0.3 is 5.97 Å². The fourth-order valence-electron chi connectivity index (χ4n) is 5.13. The lowest BCUT2D eigenvalue weighted by Crippen LogP contribution is -2.38. The number of rotatable bonds is 10. The van der Waals surface area contributed by atoms with Crippen molar-refractivity contribution in [3.05, 3.63) is 76.9 Å². The molecule has 0 saturated carbocycles. The molecule has 244 valence electrons. The van der Waals surface area contributed by atoms with Gasteiger partial charge in [0.15, 0.2) is 0 Å². The molecule has 8 nitrogen and oxygen atoms in total. The molecule has 1 aromatic heterocycles. The van der Waals surface area contributed by atoms with Crippen molar-refractivity contribution in [2.45, 2.75) is 86.3 Å². The normalized spacial score (nSPS) is 14.3. The van der Waals surface area contributed by atoms with Crippen LogP contribution in [-0.2, 0) is 29.0 Å². The van der Waals surface area contributed by atoms with E-state index in [2.05, 4.69) is 24.1 Å². The van der Waals surface area contributed by atoms with Crippen molar-refractivity contribution in [1.29, 1.82) is 0 Å². The Morgan fingerprint density at radius 2 is 1.62 bits per heavy atom. The van der Waals surface area contributed by atoms with E-state index >= 15 is 0 Å². The summed E-state index contributed by atoms with van der Waals surface area (Å²) in [6.07, 6.45) is 2.50. The van der Waals surface area contributed by atoms with Gasteiger partial charge < -0.3 is 25.2 Å². The minimum atomic E-state index is -0.908. The molecule has 4 rings (SSSR count). The molecular weight excluding hydrogens is 573 g/mol. The third-order valence-electron chi connectivity index (χ3n) is 7.53. The zero-order valence-electron chi connectivity index (χ0n) is 27.7. The summed E-state index contributed by atoms with van der Waals surface area (Å²) in [6.45, 7) is 15.4. The number of carbonyl (C=O) groups is 2. The third-order valence-corrected chi connectivity index (χ3v) is 7.53. The van der Waals surface area contributed by atoms with Crippen LogP contribution < -0.4 is 15.0 Å². The van der Waals surface area contributed by atoms with Gasteiger partial charge in [0.2, 0.25) is 5.91 Å². The Hall–Kier alpha value is -3.98. The molecule has 3 aromatic rings. The number of halogens is 1. The lowest BCUT2D eigenvalue weighted by Gasteiger charge is -2.40. The van der Waals surface area contributed by atoms with Crippen molar-refractivity contribution in [3.8, 4) is 16.9 Å². The van der Waals surface area contributed by atoms with Crippen LogP contribution in [0.4, 0.5) is 10.1 Å². The van der Waals surface area contributed by atoms with E-state index in [1.54, 1.807) is 32.9 Å². The minimum absolute atomic E-state index is 0.133. The molecule has 1 aliphatic rings. The maximum Gasteiger partial charge on any atom is 0.307 e. The number of aliphatic hydroxyl groups is 1. The van der Waals surface area contributed by atoms with Crippen LogP contribution in [0.15, 0.2) is 48.5 Å². The number of ether oxygens (including phenoxy) is 1. The molecule has 1 saturated heterocycles. The Bertz CT molecular complexity index is 1430. The first-order chi connectivity index (χ1) is 21.0. The van der Waals surface area contributed by atoms with Crippen molar-refractivity contribution >= 4 is 17.6 Å². The lowest BCUT2D eigenvalue weighted by molar-refractivity contribution is -0.136. The number of hydrogen-bond acceptors (Lipinski definition) is 6. The molecular formula is C36H48FN3O5. The van der Waals surface area contributed by atoms with Gasteiger partial charge in [-0.3, -0.25) is 14.6 Å². The standard InChI is InChI=1S/C32H38FN3O4.C4H10O/c1-21-27(19-29(38)39)31(36-16-14-32(3,4)15-17-36)30(28(35-21)20-34-22(2)37)24-7-11-26(12-8-24)40-18-13-23-5-9-25(33)10-6-23;1-4(2,3)5/h5-12H,13-20H2,1-4H3,(H,34,37)(H,38,39);5H,1-3H3. The second-order valence-electron chi connectivity index (χ2n) is 13.4. The smallest absolute Gasteiger partial charge is 0.307 e. The molecule has 1 fully saturated rings. The summed E-state index contributed by atoms with van der Waals surface area (Å²) < 4.78 is 19.1. The lowest BCUT2D eigenvalue weighted by atomic mass is 9.82. The molecule has 0 spiro atoms. The summed E-state index contributed by atoms with van der Waals surface area (Å²) in [5, 5.41) is 21.2. The number of pyridine rings is 1. The van der Waals surface area contributed by atoms with Gasteiger partial charge in [-0.25, -0.2) is 4.39 Å². The van der Waals surface area contributed by atoms with Crippen molar-refractivity contribution in [2.24, 2.45) is 5.41 Å². The molecule has 45 heavy (non-hydrogen) atoms. The molecule has 0 unspecified atom stereocenters. The number of amides is 1. The number of aromatic nitrogens is 1. The second-order valence-corrected chi connectivity index (χ2v) is 13.4. The van der Waals surface area contributed by atoms with E-state index in [4.69, 9.17) is 14.8 Å². The van der Waals surface area contributed by atoms with Crippen LogP contribution in [0.25, 0.3) is 11.1 Å². The summed E-state index contributed by atoms with van der Waals surface area (Å²) in [6, 6.07) is 14.1. The van der Waals surface area contributed by atoms with E-state index in [1.807, 2.05) is 31.2 Å². The van der Waals surface area contributed by atoms with Gasteiger partial charge in [0.05, 0.1) is 36.6 Å². The fourth-order valence-corrected chi connectivity index (χ4v) is 5.13. The van der Waals surface area contributed by atoms with E-state index in [1.165, 1.54) is 19.1 Å². The van der Waals surface area contributed by atoms with E-state index in [-0.39, 0.29) is 30.1 Å². The number of hydrogen-bond donors (Lipinski definition) is 3. The number of carbonyl (C=O) groups excluding carboxylic acids is 1. The maximum absolute atomic E-state index is 13.2. The summed E-state index contributed by atoms with van der Waals surface area (Å²) in [4.78, 5) is 30.9. The van der Waals surface area contributed by atoms with Crippen LogP contribution in [0, 0.1) is 18.2 Å². The second kappa shape index (κ2) is 15.3. The quantitative estimate of drug-likeness (QED) is 0.237. The van der Waals surface area contributed by atoms with Gasteiger partial charge in [0, 0.05) is 43.3 Å². The Morgan fingerprint density at radius 3 is 2.16 bits per heavy atom. The van der Waals surface area contributed by atoms with Gasteiger partial charge in [-0.15, -0.1) is 0 Å². The van der Waals surface area contributed by atoms with Crippen molar-refractivity contribution in [2.75, 3.05) is 24.6 Å². The van der Waals surface area contributed by atoms with Gasteiger partial charge in [-0.1, -0.05) is 38.1 Å². The number of carboxylic acids is 1. The topological polar surface area (TPSA) is 112 Å². The molecule has 0 aliphatic carbocycles. The SMILES string of the molecule is CC(=O)NCc1nc(C)c(CC(=O)O)c(N2CCC(C)(C)CC2)c1-c1ccc(OCCc2ccc(F)cc2)cc1.CC(C)(C)O. The van der Waals surface area contributed by atoms with Crippen LogP contribution in [-0.4, -0.2) is 52.4 Å². The highest BCUT2D eigenvalue weighted by atomic mass is 19.1. The molecule has 0 atom stereocenters. The number of nitrogens with one attached hydrogen (secondary N) is 1. The average Bonchev–Trinajstić information content (AvgIpc) is 2.93. The van der Waals surface area contributed by atoms with Gasteiger partial charge in [0.1, 0.15) is 11.6 Å². The molecule has 0 bridgehead atoms. The highest BCUT2D eigenvalue weighted by Crippen LogP contribution is 2.42. The molecule has 0 radical (unpaired) electrons. The first-order valence-corrected chi connectivity index (χ1v) is 15.5. The number of carboxylic acid groups (broad SMARTS) is 1. The monoisotopic (exact) mass is 621 g/mol. The minimum Gasteiger partial charge on any atom is -0.493 e. The Kier molecular flexibility index (Phi) is 12.1. The summed E-state index contributed by atoms with van der Waals surface area (Å²) in [7, 11) is 0. The number of anilines is 1. The number of benzene rings is 2. The Labute approximate surface area is 266 Å². The van der Waals surface area contributed by atoms with E-state index in [9.17, 15) is 19.1 Å². The zero-order chi connectivity index (χ0) is 33.4. The van der Waals surface area contributed by atoms with Crippen LogP contribution >= 0.6 is 0 Å². The number of aryl methyl sites for hydroxylation is 1. The van der Waals surface area contributed by atoms with E-state index < -0.39 is 11.6 Å². The summed E-state index contributed by atoms with van der Waals surface area (Å²) >= 11 is 0. The first kappa shape index (κ1) is 35.5. The highest BCUT2D eigenvalue weighted by molar-refractivity contribution is 5.87. The van der Waals surface area contributed by atoms with E-state index in [0.717, 1.165) is 48.3 Å². The largest absolute Gasteiger partial charge is 0.493 e. The highest BCUT2D eigenvalue weighted by Gasteiger charge is 2.30. The van der Waals surface area contributed by atoms with E-state index in [0.29, 0.717) is 35.7 Å². The van der Waals surface area contributed by atoms with Gasteiger partial charge in [0.25, 0.3) is 0 Å². The Balaban J connectivity index is 0.00000102. The van der Waals surface area contributed by atoms with Crippen LogP contribution in [0.5, 0.6) is 5.75 Å². The number of aliphatic carboxylic acids is 1. The van der Waals surface area contributed by atoms with Crippen molar-refractivity contribution in [3.63, 3.8) is 0 Å². The van der Waals surface area contributed by atoms with Crippen LogP contribution in [0.1, 0.15) is 76.9 Å². The Morgan fingerprint density at radius 1 is 1.04 bits per heavy atom. The molecule has 2 heterocycles. The number of piperidine rings is 1. The van der Waals surface area contributed by atoms with Crippen LogP contribution in [0.3, 0.4) is 0 Å². The maximum atomic E-state index is 13.2. The van der Waals surface area contributed by atoms with Gasteiger partial charge in [-0.2, -0.15) is 0 Å². The third kappa shape index (κ3) is 11.5. The predicted molar refractivity (Wildman–Crippen MR) is 176 cm³/mol. The number of nitrogens with zero attached hydrogens (tertiary/aromatic N) is 2. The predicted octanol–water partition coefficient (Wildman–Crippen LogP) is 6.48. The molecule has 9 heteroatoms. The molecule has 3 N–H and O–H groups in total. The summed E-state index contributed by atoms with van der Waals surface area (Å²) in [5.41, 5.74) is 5.38. The molecule has 1 amide bonds. The van der Waals surface area contributed by atoms with Gasteiger partial charge in [-0.05, 0) is 81.3 Å². The molecule has 2 aromatic carbocycles. The van der Waals surface area contributed by atoms with Crippen LogP contribution in [0.2, 0.25) is 0 Å².